The van der Waals surface area contributed by atoms with Crippen molar-refractivity contribution in [2.24, 2.45) is 0 Å². The molecule has 22 heavy (non-hydrogen) atoms. The Bertz CT molecular complexity index is 735. The number of hydrogen-bond donors (Lipinski definition) is 1. The lowest BCUT2D eigenvalue weighted by Crippen LogP contribution is -2.36. The van der Waals surface area contributed by atoms with Crippen molar-refractivity contribution in [1.29, 1.82) is 0 Å². The Labute approximate surface area is 143 Å². The molecular weight excluding hydrogens is 345 g/mol. The highest BCUT2D eigenvalue weighted by molar-refractivity contribution is 6.45. The van der Waals surface area contributed by atoms with Crippen LogP contribution in [0.25, 0.3) is 0 Å². The first-order valence-corrected chi connectivity index (χ1v) is 7.85. The van der Waals surface area contributed by atoms with Crippen LogP contribution >= 0.6 is 34.8 Å². The Morgan fingerprint density at radius 1 is 1.09 bits per heavy atom. The fourth-order valence-corrected chi connectivity index (χ4v) is 3.30. The predicted octanol–water partition coefficient (Wildman–Crippen LogP) is 4.55. The van der Waals surface area contributed by atoms with E-state index in [1.165, 1.54) is 11.6 Å². The summed E-state index contributed by atoms with van der Waals surface area (Å²) >= 11 is 17.9. The van der Waals surface area contributed by atoms with Gasteiger partial charge in [0.15, 0.2) is 0 Å². The van der Waals surface area contributed by atoms with E-state index in [0.29, 0.717) is 13.1 Å². The minimum absolute atomic E-state index is 0.00941. The van der Waals surface area contributed by atoms with Crippen LogP contribution in [0.5, 0.6) is 5.75 Å². The fourth-order valence-electron chi connectivity index (χ4n) is 2.61. The van der Waals surface area contributed by atoms with Gasteiger partial charge in [-0.1, -0.05) is 59.1 Å². The lowest BCUT2D eigenvalue weighted by molar-refractivity contribution is 0.0732. The second-order valence-corrected chi connectivity index (χ2v) is 6.32. The van der Waals surface area contributed by atoms with Gasteiger partial charge < -0.3 is 10.0 Å². The lowest BCUT2D eigenvalue weighted by Gasteiger charge is -2.29. The average molecular weight is 357 g/mol. The highest BCUT2D eigenvalue weighted by Crippen LogP contribution is 2.39. The highest BCUT2D eigenvalue weighted by Gasteiger charge is 2.27. The van der Waals surface area contributed by atoms with E-state index in [1.54, 1.807) is 4.90 Å². The smallest absolute Gasteiger partial charge is 0.259 e. The quantitative estimate of drug-likeness (QED) is 0.761. The number of carbonyl (C=O) groups is 1. The van der Waals surface area contributed by atoms with Crippen molar-refractivity contribution in [2.75, 3.05) is 6.54 Å². The molecule has 1 aliphatic rings. The molecule has 0 aromatic heterocycles. The summed E-state index contributed by atoms with van der Waals surface area (Å²) in [4.78, 5) is 14.4. The van der Waals surface area contributed by atoms with Gasteiger partial charge in [0.05, 0.1) is 15.1 Å². The third-order valence-corrected chi connectivity index (χ3v) is 4.85. The van der Waals surface area contributed by atoms with Crippen LogP contribution in [0.4, 0.5) is 0 Å². The first-order chi connectivity index (χ1) is 10.5. The lowest BCUT2D eigenvalue weighted by atomic mass is 9.99. The van der Waals surface area contributed by atoms with Crippen LogP contribution in [0, 0.1) is 0 Å². The zero-order valence-corrected chi connectivity index (χ0v) is 13.7. The van der Waals surface area contributed by atoms with E-state index in [1.807, 2.05) is 18.2 Å². The number of rotatable bonds is 1. The van der Waals surface area contributed by atoms with Crippen molar-refractivity contribution in [1.82, 2.24) is 4.90 Å². The van der Waals surface area contributed by atoms with E-state index < -0.39 is 0 Å². The first-order valence-electron chi connectivity index (χ1n) is 6.71. The Kier molecular flexibility index (Phi) is 4.22. The van der Waals surface area contributed by atoms with Crippen LogP contribution in [0.3, 0.4) is 0 Å². The van der Waals surface area contributed by atoms with Gasteiger partial charge in [-0.25, -0.2) is 0 Å². The summed E-state index contributed by atoms with van der Waals surface area (Å²) in [5.74, 6) is -0.707. The van der Waals surface area contributed by atoms with Gasteiger partial charge in [0.25, 0.3) is 5.91 Å². The summed E-state index contributed by atoms with van der Waals surface area (Å²) in [5.41, 5.74) is 2.27. The second-order valence-electron chi connectivity index (χ2n) is 5.12. The van der Waals surface area contributed by atoms with Crippen LogP contribution < -0.4 is 0 Å². The summed E-state index contributed by atoms with van der Waals surface area (Å²) in [5, 5.41) is 10.3. The summed E-state index contributed by atoms with van der Waals surface area (Å²) in [6.07, 6.45) is 0.759. The molecule has 0 saturated carbocycles. The maximum absolute atomic E-state index is 12.7. The fraction of sp³-hybridized carbons (Fsp3) is 0.188. The molecule has 0 bridgehead atoms. The van der Waals surface area contributed by atoms with E-state index >= 15 is 0 Å². The number of benzene rings is 2. The molecule has 1 heterocycles. The molecule has 3 rings (SSSR count). The minimum atomic E-state index is -0.374. The monoisotopic (exact) mass is 355 g/mol. The zero-order chi connectivity index (χ0) is 15.9. The molecule has 3 nitrogen and oxygen atoms in total. The number of fused-ring (bicyclic) bond motifs is 1. The Morgan fingerprint density at radius 2 is 1.77 bits per heavy atom. The molecule has 114 valence electrons. The third kappa shape index (κ3) is 2.65. The minimum Gasteiger partial charge on any atom is -0.505 e. The molecule has 2 aromatic rings. The van der Waals surface area contributed by atoms with Gasteiger partial charge in [-0.05, 0) is 23.6 Å². The second kappa shape index (κ2) is 5.99. The molecule has 0 saturated heterocycles. The molecule has 2 aromatic carbocycles. The molecular formula is C16H12Cl3NO2. The number of nitrogens with zero attached hydrogens (tertiary/aromatic N) is 1. The van der Waals surface area contributed by atoms with Crippen molar-refractivity contribution >= 4 is 40.7 Å². The van der Waals surface area contributed by atoms with Crippen molar-refractivity contribution < 1.29 is 9.90 Å². The molecule has 1 N–H and O–H groups in total. The Hall–Kier alpha value is -1.42. The van der Waals surface area contributed by atoms with Gasteiger partial charge >= 0.3 is 0 Å². The highest BCUT2D eigenvalue weighted by atomic mass is 35.5. The molecule has 1 aliphatic heterocycles. The average Bonchev–Trinajstić information content (AvgIpc) is 2.52. The maximum atomic E-state index is 12.7. The number of aromatic hydroxyl groups is 1. The van der Waals surface area contributed by atoms with E-state index in [0.717, 1.165) is 12.0 Å². The van der Waals surface area contributed by atoms with E-state index in [4.69, 9.17) is 34.8 Å². The molecule has 0 fully saturated rings. The van der Waals surface area contributed by atoms with Crippen molar-refractivity contribution in [3.05, 3.63) is 62.1 Å². The van der Waals surface area contributed by atoms with Gasteiger partial charge in [0.1, 0.15) is 11.3 Å². The van der Waals surface area contributed by atoms with Crippen LogP contribution in [-0.4, -0.2) is 22.5 Å². The number of carbonyl (C=O) groups excluding carboxylic acids is 1. The number of amides is 1. The van der Waals surface area contributed by atoms with Gasteiger partial charge in [-0.15, -0.1) is 0 Å². The zero-order valence-electron chi connectivity index (χ0n) is 11.4. The predicted molar refractivity (Wildman–Crippen MR) is 88.0 cm³/mol. The normalized spacial score (nSPS) is 13.9. The van der Waals surface area contributed by atoms with E-state index in [2.05, 4.69) is 6.07 Å². The summed E-state index contributed by atoms with van der Waals surface area (Å²) in [6.45, 7) is 1.02. The summed E-state index contributed by atoms with van der Waals surface area (Å²) < 4.78 is 0. The number of phenolic OH excluding ortho intramolecular Hbond substituents is 1. The van der Waals surface area contributed by atoms with Crippen molar-refractivity contribution in [3.63, 3.8) is 0 Å². The summed E-state index contributed by atoms with van der Waals surface area (Å²) in [7, 11) is 0. The number of phenols is 1. The molecule has 0 aliphatic carbocycles. The SMILES string of the molecule is O=C(c1c(O)c(Cl)cc(Cl)c1Cl)N1CCc2ccccc2C1. The molecule has 6 heteroatoms. The molecule has 0 spiro atoms. The van der Waals surface area contributed by atoms with Crippen molar-refractivity contribution in [2.45, 2.75) is 13.0 Å². The number of hydrogen-bond acceptors (Lipinski definition) is 2. The van der Waals surface area contributed by atoms with Crippen LogP contribution in [0.15, 0.2) is 30.3 Å². The van der Waals surface area contributed by atoms with Gasteiger partial charge in [0, 0.05) is 13.1 Å². The Morgan fingerprint density at radius 3 is 2.50 bits per heavy atom. The first kappa shape index (κ1) is 15.5. The summed E-state index contributed by atoms with van der Waals surface area (Å²) in [6, 6.07) is 9.28. The molecule has 0 atom stereocenters. The molecule has 0 radical (unpaired) electrons. The largest absolute Gasteiger partial charge is 0.505 e. The van der Waals surface area contributed by atoms with Crippen molar-refractivity contribution in [3.8, 4) is 5.75 Å². The van der Waals surface area contributed by atoms with Gasteiger partial charge in [-0.2, -0.15) is 0 Å². The van der Waals surface area contributed by atoms with E-state index in [-0.39, 0.29) is 32.3 Å². The van der Waals surface area contributed by atoms with Gasteiger partial charge in [-0.3, -0.25) is 4.79 Å². The standard InChI is InChI=1S/C16H12Cl3NO2/c17-11-7-12(18)15(21)13(14(11)19)16(22)20-6-5-9-3-1-2-4-10(9)8-20/h1-4,7,21H,5-6,8H2. The van der Waals surface area contributed by atoms with Crippen LogP contribution in [0.2, 0.25) is 15.1 Å². The van der Waals surface area contributed by atoms with E-state index in [9.17, 15) is 9.90 Å². The van der Waals surface area contributed by atoms with Crippen LogP contribution in [0.1, 0.15) is 21.5 Å². The maximum Gasteiger partial charge on any atom is 0.259 e. The third-order valence-electron chi connectivity index (χ3n) is 3.78. The number of halogens is 3. The molecule has 1 amide bonds. The Balaban J connectivity index is 1.97. The van der Waals surface area contributed by atoms with Gasteiger partial charge in [0.2, 0.25) is 0 Å². The molecule has 0 unspecified atom stereocenters. The van der Waals surface area contributed by atoms with Crippen LogP contribution in [-0.2, 0) is 13.0 Å². The topological polar surface area (TPSA) is 40.5 Å².